The van der Waals surface area contributed by atoms with Crippen molar-refractivity contribution in [2.75, 3.05) is 0 Å². The molecule has 1 aliphatic heterocycles. The molecule has 0 spiro atoms. The van der Waals surface area contributed by atoms with E-state index in [1.54, 1.807) is 0 Å². The zero-order chi connectivity index (χ0) is 13.5. The SMILES string of the molecule is NC(=O)c1nc(C(=O)C(F)(F)F)c2n1CCCC2. The number of carbonyl (C=O) groups is 2. The van der Waals surface area contributed by atoms with E-state index in [0.29, 0.717) is 19.4 Å². The molecular formula is C10H10F3N3O2. The lowest BCUT2D eigenvalue weighted by Crippen LogP contribution is -2.25. The van der Waals surface area contributed by atoms with Gasteiger partial charge in [0.1, 0.15) is 5.69 Å². The Labute approximate surface area is 99.8 Å². The predicted octanol–water partition coefficient (Wildman–Crippen LogP) is 1.06. The van der Waals surface area contributed by atoms with E-state index in [4.69, 9.17) is 5.73 Å². The minimum Gasteiger partial charge on any atom is -0.363 e. The van der Waals surface area contributed by atoms with Gasteiger partial charge in [-0.25, -0.2) is 4.98 Å². The van der Waals surface area contributed by atoms with Crippen LogP contribution < -0.4 is 5.73 Å². The first-order chi connectivity index (χ1) is 8.32. The normalized spacial score (nSPS) is 15.3. The quantitative estimate of drug-likeness (QED) is 0.808. The van der Waals surface area contributed by atoms with Gasteiger partial charge >= 0.3 is 6.18 Å². The van der Waals surface area contributed by atoms with E-state index in [9.17, 15) is 22.8 Å². The van der Waals surface area contributed by atoms with E-state index in [-0.39, 0.29) is 17.9 Å². The Balaban J connectivity index is 2.55. The summed E-state index contributed by atoms with van der Waals surface area (Å²) >= 11 is 0. The lowest BCUT2D eigenvalue weighted by Gasteiger charge is -2.16. The number of nitrogens with two attached hydrogens (primary N) is 1. The van der Waals surface area contributed by atoms with Crippen LogP contribution in [0.5, 0.6) is 0 Å². The number of imidazole rings is 1. The van der Waals surface area contributed by atoms with Crippen LogP contribution in [0.1, 0.15) is 39.6 Å². The molecule has 0 saturated carbocycles. The van der Waals surface area contributed by atoms with Gasteiger partial charge in [-0.05, 0) is 19.3 Å². The number of hydrogen-bond donors (Lipinski definition) is 1. The molecule has 1 aromatic heterocycles. The summed E-state index contributed by atoms with van der Waals surface area (Å²) in [6.45, 7) is 0.353. The van der Waals surface area contributed by atoms with Crippen LogP contribution in [-0.2, 0) is 13.0 Å². The van der Waals surface area contributed by atoms with Crippen LogP contribution in [0.3, 0.4) is 0 Å². The zero-order valence-corrected chi connectivity index (χ0v) is 9.25. The van der Waals surface area contributed by atoms with Crippen molar-refractivity contribution in [2.45, 2.75) is 32.0 Å². The average molecular weight is 261 g/mol. The second-order valence-corrected chi connectivity index (χ2v) is 4.03. The fourth-order valence-corrected chi connectivity index (χ4v) is 2.05. The number of Topliss-reactive ketones (excluding diaryl/α,β-unsaturated/α-hetero) is 1. The van der Waals surface area contributed by atoms with Gasteiger partial charge in [-0.15, -0.1) is 0 Å². The van der Waals surface area contributed by atoms with Gasteiger partial charge in [-0.3, -0.25) is 9.59 Å². The molecule has 0 saturated heterocycles. The molecule has 1 aliphatic rings. The molecule has 8 heteroatoms. The second kappa shape index (κ2) is 4.11. The summed E-state index contributed by atoms with van der Waals surface area (Å²) < 4.78 is 38.5. The summed E-state index contributed by atoms with van der Waals surface area (Å²) in [5.41, 5.74) is 4.50. The highest BCUT2D eigenvalue weighted by molar-refractivity contribution is 6.01. The Kier molecular flexibility index (Phi) is 2.88. The molecule has 2 rings (SSSR count). The van der Waals surface area contributed by atoms with Crippen molar-refractivity contribution in [3.05, 3.63) is 17.2 Å². The molecule has 0 radical (unpaired) electrons. The highest BCUT2D eigenvalue weighted by Crippen LogP contribution is 2.27. The third-order valence-electron chi connectivity index (χ3n) is 2.81. The van der Waals surface area contributed by atoms with E-state index < -0.39 is 23.6 Å². The lowest BCUT2D eigenvalue weighted by atomic mass is 10.1. The maximum atomic E-state index is 12.4. The number of amides is 1. The van der Waals surface area contributed by atoms with Crippen molar-refractivity contribution in [2.24, 2.45) is 5.73 Å². The van der Waals surface area contributed by atoms with Gasteiger partial charge in [0, 0.05) is 12.2 Å². The van der Waals surface area contributed by atoms with Crippen LogP contribution in [-0.4, -0.2) is 27.4 Å². The Morgan fingerprint density at radius 1 is 1.28 bits per heavy atom. The highest BCUT2D eigenvalue weighted by Gasteiger charge is 2.43. The number of carbonyl (C=O) groups excluding carboxylic acids is 2. The third kappa shape index (κ3) is 1.98. The molecule has 2 heterocycles. The van der Waals surface area contributed by atoms with Gasteiger partial charge in [0.2, 0.25) is 0 Å². The van der Waals surface area contributed by atoms with Crippen molar-refractivity contribution in [3.63, 3.8) is 0 Å². The van der Waals surface area contributed by atoms with Gasteiger partial charge < -0.3 is 10.3 Å². The van der Waals surface area contributed by atoms with Crippen molar-refractivity contribution in [1.29, 1.82) is 0 Å². The molecule has 0 fully saturated rings. The number of rotatable bonds is 2. The molecule has 0 atom stereocenters. The van der Waals surface area contributed by atoms with Gasteiger partial charge in [0.05, 0.1) is 0 Å². The number of aromatic nitrogens is 2. The Bertz CT molecular complexity index is 519. The van der Waals surface area contributed by atoms with Crippen LogP contribution >= 0.6 is 0 Å². The molecule has 98 valence electrons. The van der Waals surface area contributed by atoms with E-state index in [1.807, 2.05) is 0 Å². The van der Waals surface area contributed by atoms with E-state index >= 15 is 0 Å². The molecule has 0 aliphatic carbocycles. The molecule has 5 nitrogen and oxygen atoms in total. The first-order valence-corrected chi connectivity index (χ1v) is 5.33. The van der Waals surface area contributed by atoms with Gasteiger partial charge in [0.25, 0.3) is 11.7 Å². The topological polar surface area (TPSA) is 78.0 Å². The number of nitrogens with zero attached hydrogens (tertiary/aromatic N) is 2. The fourth-order valence-electron chi connectivity index (χ4n) is 2.05. The summed E-state index contributed by atoms with van der Waals surface area (Å²) in [5, 5.41) is 0. The van der Waals surface area contributed by atoms with Crippen LogP contribution in [0.25, 0.3) is 0 Å². The summed E-state index contributed by atoms with van der Waals surface area (Å²) in [5.74, 6) is -3.24. The van der Waals surface area contributed by atoms with Crippen LogP contribution in [0.2, 0.25) is 0 Å². The van der Waals surface area contributed by atoms with E-state index in [0.717, 1.165) is 0 Å². The van der Waals surface area contributed by atoms with Crippen molar-refractivity contribution >= 4 is 11.7 Å². The van der Waals surface area contributed by atoms with Gasteiger partial charge in [-0.2, -0.15) is 13.2 Å². The lowest BCUT2D eigenvalue weighted by molar-refractivity contribution is -0.0888. The van der Waals surface area contributed by atoms with Gasteiger partial charge in [0.15, 0.2) is 5.82 Å². The molecule has 1 amide bonds. The zero-order valence-electron chi connectivity index (χ0n) is 9.25. The maximum Gasteiger partial charge on any atom is 0.456 e. The Hall–Kier alpha value is -1.86. The Morgan fingerprint density at radius 2 is 1.94 bits per heavy atom. The molecular weight excluding hydrogens is 251 g/mol. The number of fused-ring (bicyclic) bond motifs is 1. The largest absolute Gasteiger partial charge is 0.456 e. The van der Waals surface area contributed by atoms with Crippen molar-refractivity contribution in [1.82, 2.24) is 9.55 Å². The number of primary amides is 1. The first-order valence-electron chi connectivity index (χ1n) is 5.33. The predicted molar refractivity (Wildman–Crippen MR) is 54.1 cm³/mol. The fraction of sp³-hybridized carbons (Fsp3) is 0.500. The smallest absolute Gasteiger partial charge is 0.363 e. The molecule has 0 unspecified atom stereocenters. The van der Waals surface area contributed by atoms with Crippen LogP contribution in [0.15, 0.2) is 0 Å². The number of halogens is 3. The standard InChI is InChI=1S/C10H10F3N3O2/c11-10(12,13)7(17)6-5-3-1-2-4-16(5)9(15-6)8(14)18/h1-4H2,(H2,14,18). The second-order valence-electron chi connectivity index (χ2n) is 4.03. The Morgan fingerprint density at radius 3 is 2.50 bits per heavy atom. The first kappa shape index (κ1) is 12.6. The van der Waals surface area contributed by atoms with Crippen LogP contribution in [0.4, 0.5) is 13.2 Å². The van der Waals surface area contributed by atoms with Crippen molar-refractivity contribution < 1.29 is 22.8 Å². The van der Waals surface area contributed by atoms with Gasteiger partial charge in [-0.1, -0.05) is 0 Å². The highest BCUT2D eigenvalue weighted by atomic mass is 19.4. The van der Waals surface area contributed by atoms with E-state index in [1.165, 1.54) is 4.57 Å². The molecule has 18 heavy (non-hydrogen) atoms. The van der Waals surface area contributed by atoms with Crippen LogP contribution in [0, 0.1) is 0 Å². The minimum absolute atomic E-state index is 0.150. The summed E-state index contributed by atoms with van der Waals surface area (Å²) in [4.78, 5) is 25.8. The van der Waals surface area contributed by atoms with Crippen molar-refractivity contribution in [3.8, 4) is 0 Å². The number of hydrogen-bond acceptors (Lipinski definition) is 3. The molecule has 0 bridgehead atoms. The molecule has 0 aromatic carbocycles. The molecule has 2 N–H and O–H groups in total. The average Bonchev–Trinajstić information content (AvgIpc) is 2.66. The molecule has 1 aromatic rings. The summed E-state index contributed by atoms with van der Waals surface area (Å²) in [6.07, 6.45) is -3.34. The summed E-state index contributed by atoms with van der Waals surface area (Å²) in [7, 11) is 0. The van der Waals surface area contributed by atoms with E-state index in [2.05, 4.69) is 4.98 Å². The third-order valence-corrected chi connectivity index (χ3v) is 2.81. The monoisotopic (exact) mass is 261 g/mol. The minimum atomic E-state index is -5.00. The number of ketones is 1. The summed E-state index contributed by atoms with van der Waals surface area (Å²) in [6, 6.07) is 0. The number of alkyl halides is 3. The maximum absolute atomic E-state index is 12.4.